The van der Waals surface area contributed by atoms with E-state index < -0.39 is 17.6 Å². The summed E-state index contributed by atoms with van der Waals surface area (Å²) in [7, 11) is 0. The predicted molar refractivity (Wildman–Crippen MR) is 64.8 cm³/mol. The molecular formula is C13H21NO4. The number of aliphatic carboxylic acids is 1. The third kappa shape index (κ3) is 2.11. The first-order valence-electron chi connectivity index (χ1n) is 6.30. The Morgan fingerprint density at radius 2 is 1.83 bits per heavy atom. The molecule has 3 fully saturated rings. The van der Waals surface area contributed by atoms with Crippen LogP contribution in [-0.2, 0) is 14.3 Å². The number of rotatable bonds is 4. The largest absolute Gasteiger partial charge is 0.480 e. The maximum Gasteiger partial charge on any atom is 0.320 e. The Morgan fingerprint density at radius 3 is 2.22 bits per heavy atom. The van der Waals surface area contributed by atoms with E-state index in [1.807, 2.05) is 20.8 Å². The fourth-order valence-electron chi connectivity index (χ4n) is 3.37. The molecule has 0 radical (unpaired) electrons. The van der Waals surface area contributed by atoms with Gasteiger partial charge in [0, 0.05) is 0 Å². The van der Waals surface area contributed by atoms with Gasteiger partial charge in [-0.3, -0.25) is 9.59 Å². The van der Waals surface area contributed by atoms with Crippen LogP contribution >= 0.6 is 0 Å². The van der Waals surface area contributed by atoms with E-state index in [0.29, 0.717) is 6.42 Å². The molecule has 0 aromatic heterocycles. The highest BCUT2D eigenvalue weighted by atomic mass is 16.6. The summed E-state index contributed by atoms with van der Waals surface area (Å²) in [6.45, 7) is 5.56. The van der Waals surface area contributed by atoms with E-state index in [4.69, 9.17) is 15.6 Å². The molecule has 1 atom stereocenters. The Labute approximate surface area is 107 Å². The van der Waals surface area contributed by atoms with Crippen LogP contribution in [0.4, 0.5) is 0 Å². The summed E-state index contributed by atoms with van der Waals surface area (Å²) in [5.74, 6) is -1.10. The van der Waals surface area contributed by atoms with Crippen LogP contribution < -0.4 is 5.73 Å². The molecule has 102 valence electrons. The van der Waals surface area contributed by atoms with Crippen molar-refractivity contribution in [2.45, 2.75) is 58.1 Å². The molecular weight excluding hydrogens is 234 g/mol. The normalized spacial score (nSPS) is 35.1. The molecule has 0 aromatic rings. The van der Waals surface area contributed by atoms with Gasteiger partial charge in [0.2, 0.25) is 0 Å². The van der Waals surface area contributed by atoms with Crippen LogP contribution in [0, 0.1) is 10.8 Å². The highest BCUT2D eigenvalue weighted by Gasteiger charge is 2.72. The number of nitrogens with two attached hydrogens (primary N) is 1. The molecule has 0 aromatic carbocycles. The van der Waals surface area contributed by atoms with Gasteiger partial charge in [-0.1, -0.05) is 0 Å². The molecule has 0 amide bonds. The fourth-order valence-corrected chi connectivity index (χ4v) is 3.37. The minimum absolute atomic E-state index is 0.0191. The van der Waals surface area contributed by atoms with Gasteiger partial charge in [-0.2, -0.15) is 0 Å². The van der Waals surface area contributed by atoms with Crippen molar-refractivity contribution in [2.75, 3.05) is 0 Å². The second-order valence-corrected chi connectivity index (χ2v) is 6.96. The zero-order valence-electron chi connectivity index (χ0n) is 11.2. The van der Waals surface area contributed by atoms with E-state index >= 15 is 0 Å². The maximum atomic E-state index is 12.0. The number of carboxylic acid groups (broad SMARTS) is 1. The topological polar surface area (TPSA) is 89.6 Å². The molecule has 0 unspecified atom stereocenters. The van der Waals surface area contributed by atoms with Crippen molar-refractivity contribution in [1.29, 1.82) is 0 Å². The van der Waals surface area contributed by atoms with Gasteiger partial charge in [-0.05, 0) is 51.9 Å². The minimum Gasteiger partial charge on any atom is -0.480 e. The highest BCUT2D eigenvalue weighted by Crippen LogP contribution is 2.75. The SMILES string of the molecule is CC(C)(C)OC(=O)C12CC(C[C@H](N)C(=O)O)(C1)C2. The number of hydrogen-bond donors (Lipinski definition) is 2. The number of ether oxygens (including phenoxy) is 1. The standard InChI is InChI=1S/C13H21NO4/c1-11(2,3)18-10(17)13-5-12(6-13,7-13)4-8(14)9(15)16/h8H,4-7,14H2,1-3H3,(H,15,16)/t8-,12?,13?/m0/s1. The monoisotopic (exact) mass is 255 g/mol. The summed E-state index contributed by atoms with van der Waals surface area (Å²) in [4.78, 5) is 22.7. The van der Waals surface area contributed by atoms with Crippen molar-refractivity contribution in [3.05, 3.63) is 0 Å². The molecule has 3 saturated carbocycles. The Morgan fingerprint density at radius 1 is 1.33 bits per heavy atom. The molecule has 3 N–H and O–H groups in total. The number of carboxylic acids is 1. The quantitative estimate of drug-likeness (QED) is 0.739. The average Bonchev–Trinajstić information content (AvgIpc) is 2.04. The lowest BCUT2D eigenvalue weighted by molar-refractivity contribution is -0.238. The lowest BCUT2D eigenvalue weighted by atomic mass is 9.34. The van der Waals surface area contributed by atoms with Gasteiger partial charge in [0.25, 0.3) is 0 Å². The molecule has 3 aliphatic rings. The van der Waals surface area contributed by atoms with Gasteiger partial charge in [0.15, 0.2) is 0 Å². The van der Waals surface area contributed by atoms with Crippen LogP contribution in [0.15, 0.2) is 0 Å². The van der Waals surface area contributed by atoms with Crippen molar-refractivity contribution in [2.24, 2.45) is 16.6 Å². The van der Waals surface area contributed by atoms with Crippen molar-refractivity contribution < 1.29 is 19.4 Å². The smallest absolute Gasteiger partial charge is 0.320 e. The summed E-state index contributed by atoms with van der Waals surface area (Å²) in [6, 6.07) is -0.818. The average molecular weight is 255 g/mol. The molecule has 2 bridgehead atoms. The first-order valence-corrected chi connectivity index (χ1v) is 6.30. The molecule has 0 saturated heterocycles. The molecule has 0 spiro atoms. The van der Waals surface area contributed by atoms with Crippen LogP contribution in [0.1, 0.15) is 46.5 Å². The molecule has 18 heavy (non-hydrogen) atoms. The number of esters is 1. The Bertz CT molecular complexity index is 377. The second-order valence-electron chi connectivity index (χ2n) is 6.96. The van der Waals surface area contributed by atoms with Gasteiger partial charge in [-0.15, -0.1) is 0 Å². The summed E-state index contributed by atoms with van der Waals surface area (Å²) in [5.41, 5.74) is 4.72. The summed E-state index contributed by atoms with van der Waals surface area (Å²) >= 11 is 0. The lowest BCUT2D eigenvalue weighted by Gasteiger charge is -2.69. The zero-order chi connectivity index (χ0) is 13.8. The molecule has 3 rings (SSSR count). The van der Waals surface area contributed by atoms with E-state index in [2.05, 4.69) is 0 Å². The van der Waals surface area contributed by atoms with Crippen LogP contribution in [0.5, 0.6) is 0 Å². The molecule has 3 aliphatic carbocycles. The molecule has 5 nitrogen and oxygen atoms in total. The third-order valence-corrected chi connectivity index (χ3v) is 3.94. The molecule has 0 heterocycles. The minimum atomic E-state index is -0.967. The first-order chi connectivity index (χ1) is 8.08. The summed E-state index contributed by atoms with van der Waals surface area (Å²) < 4.78 is 5.39. The predicted octanol–water partition coefficient (Wildman–Crippen LogP) is 1.30. The van der Waals surface area contributed by atoms with Crippen LogP contribution in [-0.4, -0.2) is 28.7 Å². The fraction of sp³-hybridized carbons (Fsp3) is 0.846. The number of carbonyl (C=O) groups is 2. The molecule has 5 heteroatoms. The van der Waals surface area contributed by atoms with Crippen LogP contribution in [0.25, 0.3) is 0 Å². The second kappa shape index (κ2) is 3.70. The summed E-state index contributed by atoms with van der Waals surface area (Å²) in [6.07, 6.45) is 2.66. The number of hydrogen-bond acceptors (Lipinski definition) is 4. The maximum absolute atomic E-state index is 12.0. The first kappa shape index (κ1) is 13.3. The lowest BCUT2D eigenvalue weighted by Crippen LogP contribution is -2.67. The van der Waals surface area contributed by atoms with Gasteiger partial charge < -0.3 is 15.6 Å². The van der Waals surface area contributed by atoms with Gasteiger partial charge in [-0.25, -0.2) is 0 Å². The van der Waals surface area contributed by atoms with Crippen molar-refractivity contribution in [3.8, 4) is 0 Å². The van der Waals surface area contributed by atoms with Gasteiger partial charge in [0.05, 0.1) is 5.41 Å². The van der Waals surface area contributed by atoms with Crippen LogP contribution in [0.3, 0.4) is 0 Å². The highest BCUT2D eigenvalue weighted by molar-refractivity contribution is 5.82. The Hall–Kier alpha value is -1.10. The van der Waals surface area contributed by atoms with E-state index in [1.54, 1.807) is 0 Å². The number of carbonyl (C=O) groups excluding carboxylic acids is 1. The third-order valence-electron chi connectivity index (χ3n) is 3.94. The van der Waals surface area contributed by atoms with E-state index in [-0.39, 0.29) is 16.8 Å². The Balaban J connectivity index is 1.86. The van der Waals surface area contributed by atoms with E-state index in [9.17, 15) is 9.59 Å². The summed E-state index contributed by atoms with van der Waals surface area (Å²) in [5, 5.41) is 8.79. The van der Waals surface area contributed by atoms with Crippen molar-refractivity contribution in [1.82, 2.24) is 0 Å². The van der Waals surface area contributed by atoms with Crippen molar-refractivity contribution in [3.63, 3.8) is 0 Å². The van der Waals surface area contributed by atoms with Crippen molar-refractivity contribution >= 4 is 11.9 Å². The zero-order valence-corrected chi connectivity index (χ0v) is 11.2. The Kier molecular flexibility index (Phi) is 2.74. The van der Waals surface area contributed by atoms with Gasteiger partial charge in [0.1, 0.15) is 11.6 Å². The van der Waals surface area contributed by atoms with E-state index in [0.717, 1.165) is 19.3 Å². The van der Waals surface area contributed by atoms with Gasteiger partial charge >= 0.3 is 11.9 Å². The van der Waals surface area contributed by atoms with Crippen LogP contribution in [0.2, 0.25) is 0 Å². The van der Waals surface area contributed by atoms with E-state index in [1.165, 1.54) is 0 Å². The molecule has 0 aliphatic heterocycles.